The van der Waals surface area contributed by atoms with Gasteiger partial charge in [-0.3, -0.25) is 4.79 Å². The maximum absolute atomic E-state index is 13.4. The number of aryl methyl sites for hydroxylation is 1. The van der Waals surface area contributed by atoms with Gasteiger partial charge in [0, 0.05) is 30.2 Å². The van der Waals surface area contributed by atoms with Crippen LogP contribution in [-0.2, 0) is 17.8 Å². The Morgan fingerprint density at radius 1 is 1.06 bits per heavy atom. The van der Waals surface area contributed by atoms with E-state index in [-0.39, 0.29) is 36.2 Å². The monoisotopic (exact) mass is 460 g/mol. The first-order valence-electron chi connectivity index (χ1n) is 10.9. The number of nitrogens with zero attached hydrogens (tertiary/aromatic N) is 1. The molecular formula is C27H25FN2O4. The summed E-state index contributed by atoms with van der Waals surface area (Å²) in [4.78, 5) is 29.5. The average Bonchev–Trinajstić information content (AvgIpc) is 3.24. The molecule has 0 fully saturated rings. The van der Waals surface area contributed by atoms with Crippen LogP contribution in [-0.4, -0.2) is 40.0 Å². The molecule has 0 unspecified atom stereocenters. The Hall–Kier alpha value is -4.13. The zero-order valence-electron chi connectivity index (χ0n) is 18.8. The molecule has 1 heterocycles. The first-order valence-corrected chi connectivity index (χ1v) is 10.9. The highest BCUT2D eigenvalue weighted by Crippen LogP contribution is 2.22. The van der Waals surface area contributed by atoms with E-state index in [0.717, 1.165) is 27.6 Å². The van der Waals surface area contributed by atoms with Crippen LogP contribution in [0.1, 0.15) is 27.0 Å². The van der Waals surface area contributed by atoms with Gasteiger partial charge in [-0.15, -0.1) is 0 Å². The third-order valence-corrected chi connectivity index (χ3v) is 5.68. The van der Waals surface area contributed by atoms with Crippen molar-refractivity contribution in [2.45, 2.75) is 19.9 Å². The molecule has 4 rings (SSSR count). The molecule has 0 aliphatic carbocycles. The van der Waals surface area contributed by atoms with Crippen LogP contribution >= 0.6 is 0 Å². The topological polar surface area (TPSA) is 82.6 Å². The van der Waals surface area contributed by atoms with E-state index in [0.29, 0.717) is 13.0 Å². The zero-order valence-corrected chi connectivity index (χ0v) is 18.8. The van der Waals surface area contributed by atoms with Crippen molar-refractivity contribution in [3.8, 4) is 5.75 Å². The highest BCUT2D eigenvalue weighted by atomic mass is 19.1. The maximum Gasteiger partial charge on any atom is 0.339 e. The van der Waals surface area contributed by atoms with Crippen LogP contribution in [0.2, 0.25) is 0 Å². The number of benzene rings is 3. The number of hydrogen-bond donors (Lipinski definition) is 2. The molecule has 0 saturated heterocycles. The number of aromatic nitrogens is 1. The smallest absolute Gasteiger partial charge is 0.339 e. The minimum Gasteiger partial charge on any atom is -0.483 e. The molecule has 0 saturated carbocycles. The van der Waals surface area contributed by atoms with E-state index in [1.54, 1.807) is 29.2 Å². The van der Waals surface area contributed by atoms with E-state index in [2.05, 4.69) is 4.98 Å². The lowest BCUT2D eigenvalue weighted by atomic mass is 10.1. The second kappa shape index (κ2) is 10.2. The van der Waals surface area contributed by atoms with E-state index >= 15 is 0 Å². The van der Waals surface area contributed by atoms with Gasteiger partial charge in [-0.1, -0.05) is 36.4 Å². The lowest BCUT2D eigenvalue weighted by Gasteiger charge is -2.23. The fourth-order valence-electron chi connectivity index (χ4n) is 3.85. The molecule has 0 radical (unpaired) electrons. The predicted octanol–water partition coefficient (Wildman–Crippen LogP) is 4.96. The summed E-state index contributed by atoms with van der Waals surface area (Å²) < 4.78 is 19.0. The van der Waals surface area contributed by atoms with Crippen molar-refractivity contribution in [1.29, 1.82) is 0 Å². The largest absolute Gasteiger partial charge is 0.483 e. The molecule has 34 heavy (non-hydrogen) atoms. The molecule has 0 spiro atoms. The van der Waals surface area contributed by atoms with Gasteiger partial charge in [-0.05, 0) is 60.4 Å². The number of rotatable bonds is 9. The summed E-state index contributed by atoms with van der Waals surface area (Å²) in [5.41, 5.74) is 3.73. The zero-order chi connectivity index (χ0) is 24.1. The van der Waals surface area contributed by atoms with E-state index < -0.39 is 5.97 Å². The summed E-state index contributed by atoms with van der Waals surface area (Å²) in [6.07, 6.45) is 2.55. The SMILES string of the molecule is Cc1ccc(C(=O)O)c(OCC(=O)N(CCc2c[nH]c3ccccc23)Cc2ccc(F)cc2)c1. The van der Waals surface area contributed by atoms with Crippen molar-refractivity contribution < 1.29 is 23.8 Å². The summed E-state index contributed by atoms with van der Waals surface area (Å²) in [6.45, 7) is 2.21. The number of carboxylic acids is 1. The molecule has 7 heteroatoms. The Morgan fingerprint density at radius 2 is 1.82 bits per heavy atom. The number of amides is 1. The fourth-order valence-corrected chi connectivity index (χ4v) is 3.85. The number of carbonyl (C=O) groups excluding carboxylic acids is 1. The first kappa shape index (κ1) is 23.0. The van der Waals surface area contributed by atoms with Crippen molar-refractivity contribution in [2.24, 2.45) is 0 Å². The number of para-hydroxylation sites is 1. The molecule has 0 aliphatic rings. The Morgan fingerprint density at radius 3 is 2.59 bits per heavy atom. The van der Waals surface area contributed by atoms with Crippen LogP contribution in [0, 0.1) is 12.7 Å². The van der Waals surface area contributed by atoms with Crippen molar-refractivity contribution in [2.75, 3.05) is 13.2 Å². The van der Waals surface area contributed by atoms with E-state index in [1.807, 2.05) is 37.4 Å². The summed E-state index contributed by atoms with van der Waals surface area (Å²) in [7, 11) is 0. The van der Waals surface area contributed by atoms with E-state index in [4.69, 9.17) is 4.74 Å². The molecule has 1 amide bonds. The number of ether oxygens (including phenoxy) is 1. The van der Waals surface area contributed by atoms with Gasteiger partial charge in [0.05, 0.1) is 0 Å². The van der Waals surface area contributed by atoms with Crippen LogP contribution in [0.4, 0.5) is 4.39 Å². The van der Waals surface area contributed by atoms with Crippen LogP contribution in [0.25, 0.3) is 10.9 Å². The molecule has 0 atom stereocenters. The number of hydrogen-bond acceptors (Lipinski definition) is 3. The van der Waals surface area contributed by atoms with Crippen molar-refractivity contribution in [3.05, 3.63) is 101 Å². The van der Waals surface area contributed by atoms with E-state index in [1.165, 1.54) is 18.2 Å². The number of fused-ring (bicyclic) bond motifs is 1. The average molecular weight is 461 g/mol. The summed E-state index contributed by atoms with van der Waals surface area (Å²) in [5, 5.41) is 10.5. The number of aromatic amines is 1. The van der Waals surface area contributed by atoms with Crippen molar-refractivity contribution in [1.82, 2.24) is 9.88 Å². The number of carboxylic acid groups (broad SMARTS) is 1. The number of H-pyrrole nitrogens is 1. The maximum atomic E-state index is 13.4. The third kappa shape index (κ3) is 5.43. The van der Waals surface area contributed by atoms with Gasteiger partial charge >= 0.3 is 5.97 Å². The molecule has 1 aromatic heterocycles. The Labute approximate surface area is 196 Å². The Bertz CT molecular complexity index is 1310. The Kier molecular flexibility index (Phi) is 6.92. The minimum atomic E-state index is -1.12. The van der Waals surface area contributed by atoms with Crippen LogP contribution in [0.5, 0.6) is 5.75 Å². The molecule has 0 bridgehead atoms. The van der Waals surface area contributed by atoms with Gasteiger partial charge in [-0.25, -0.2) is 9.18 Å². The molecule has 2 N–H and O–H groups in total. The van der Waals surface area contributed by atoms with Gasteiger partial charge in [0.15, 0.2) is 6.61 Å². The number of aromatic carboxylic acids is 1. The van der Waals surface area contributed by atoms with E-state index in [9.17, 15) is 19.1 Å². The van der Waals surface area contributed by atoms with Gasteiger partial charge in [0.1, 0.15) is 17.1 Å². The number of halogens is 1. The molecule has 4 aromatic rings. The first-order chi connectivity index (χ1) is 16.4. The number of nitrogens with one attached hydrogen (secondary N) is 1. The third-order valence-electron chi connectivity index (χ3n) is 5.68. The Balaban J connectivity index is 1.51. The highest BCUT2D eigenvalue weighted by Gasteiger charge is 2.18. The van der Waals surface area contributed by atoms with Crippen LogP contribution < -0.4 is 4.74 Å². The van der Waals surface area contributed by atoms with Crippen molar-refractivity contribution >= 4 is 22.8 Å². The second-order valence-electron chi connectivity index (χ2n) is 8.14. The van der Waals surface area contributed by atoms with Crippen LogP contribution in [0.15, 0.2) is 72.9 Å². The number of carbonyl (C=O) groups is 2. The second-order valence-corrected chi connectivity index (χ2v) is 8.14. The van der Waals surface area contributed by atoms with Gasteiger partial charge in [0.2, 0.25) is 0 Å². The standard InChI is InChI=1S/C27H25FN2O4/c1-18-6-11-23(27(32)33)25(14-18)34-17-26(31)30(16-19-7-9-21(28)10-8-19)13-12-20-15-29-24-5-3-2-4-22(20)24/h2-11,14-15,29H,12-13,16-17H2,1H3,(H,32,33). The summed E-state index contributed by atoms with van der Waals surface area (Å²) in [5.74, 6) is -1.60. The van der Waals surface area contributed by atoms with Gasteiger partial charge < -0.3 is 19.7 Å². The molecule has 6 nitrogen and oxygen atoms in total. The summed E-state index contributed by atoms with van der Waals surface area (Å²) in [6, 6.07) is 18.7. The van der Waals surface area contributed by atoms with Gasteiger partial charge in [0.25, 0.3) is 5.91 Å². The lowest BCUT2D eigenvalue weighted by Crippen LogP contribution is -2.36. The molecular weight excluding hydrogens is 435 g/mol. The van der Waals surface area contributed by atoms with Crippen LogP contribution in [0.3, 0.4) is 0 Å². The van der Waals surface area contributed by atoms with Crippen molar-refractivity contribution in [3.63, 3.8) is 0 Å². The summed E-state index contributed by atoms with van der Waals surface area (Å²) >= 11 is 0. The fraction of sp³-hybridized carbons (Fsp3) is 0.185. The molecule has 174 valence electrons. The normalized spacial score (nSPS) is 10.9. The predicted molar refractivity (Wildman–Crippen MR) is 127 cm³/mol. The quantitative estimate of drug-likeness (QED) is 0.370. The molecule has 3 aromatic carbocycles. The minimum absolute atomic E-state index is 0.00211. The van der Waals surface area contributed by atoms with Gasteiger partial charge in [-0.2, -0.15) is 0 Å². The highest BCUT2D eigenvalue weighted by molar-refractivity contribution is 5.91. The lowest BCUT2D eigenvalue weighted by molar-refractivity contribution is -0.134. The molecule has 0 aliphatic heterocycles.